The zero-order chi connectivity index (χ0) is 11.1. The second-order valence-electron chi connectivity index (χ2n) is 6.46. The van der Waals surface area contributed by atoms with Gasteiger partial charge in [-0.15, -0.1) is 0 Å². The highest BCUT2D eigenvalue weighted by Gasteiger charge is 2.47. The average Bonchev–Trinajstić information content (AvgIpc) is 2.13. The van der Waals surface area contributed by atoms with E-state index in [1.807, 2.05) is 0 Å². The molecule has 0 aromatic carbocycles. The quantitative estimate of drug-likeness (QED) is 0.655. The smallest absolute Gasteiger partial charge is 0.0125 e. The van der Waals surface area contributed by atoms with Gasteiger partial charge in [-0.2, -0.15) is 0 Å². The number of hydrogen-bond donors (Lipinski definition) is 0. The SMILES string of the molecule is CCN1CCC2(CC1)CN(C(C)(C)C)C2. The first-order valence-electron chi connectivity index (χ1n) is 6.43. The molecule has 0 bridgehead atoms. The zero-order valence-corrected chi connectivity index (χ0v) is 10.8. The minimum absolute atomic E-state index is 0.382. The van der Waals surface area contributed by atoms with E-state index in [2.05, 4.69) is 37.5 Å². The standard InChI is InChI=1S/C13H26N2/c1-5-14-8-6-13(7-9-14)10-15(11-13)12(2,3)4/h5-11H2,1-4H3. The molecule has 2 saturated heterocycles. The van der Waals surface area contributed by atoms with E-state index in [1.54, 1.807) is 0 Å². The molecule has 2 rings (SSSR count). The third-order valence-electron chi connectivity index (χ3n) is 4.37. The molecule has 0 aromatic rings. The van der Waals surface area contributed by atoms with Crippen molar-refractivity contribution in [3.8, 4) is 0 Å². The summed E-state index contributed by atoms with van der Waals surface area (Å²) >= 11 is 0. The van der Waals surface area contributed by atoms with Gasteiger partial charge in [0, 0.05) is 18.6 Å². The topological polar surface area (TPSA) is 6.48 Å². The first kappa shape index (κ1) is 11.4. The fraction of sp³-hybridized carbons (Fsp3) is 1.00. The molecule has 2 aliphatic heterocycles. The van der Waals surface area contributed by atoms with Crippen LogP contribution in [0.15, 0.2) is 0 Å². The summed E-state index contributed by atoms with van der Waals surface area (Å²) in [5.74, 6) is 0. The van der Waals surface area contributed by atoms with Crippen LogP contribution in [0.1, 0.15) is 40.5 Å². The Bertz CT molecular complexity index is 213. The number of hydrogen-bond acceptors (Lipinski definition) is 2. The van der Waals surface area contributed by atoms with E-state index >= 15 is 0 Å². The highest BCUT2D eigenvalue weighted by Crippen LogP contribution is 2.43. The van der Waals surface area contributed by atoms with Crippen LogP contribution < -0.4 is 0 Å². The van der Waals surface area contributed by atoms with Gasteiger partial charge in [-0.25, -0.2) is 0 Å². The van der Waals surface area contributed by atoms with Gasteiger partial charge in [-0.1, -0.05) is 6.92 Å². The van der Waals surface area contributed by atoms with E-state index in [0.717, 1.165) is 0 Å². The molecule has 2 fully saturated rings. The van der Waals surface area contributed by atoms with Crippen LogP contribution in [-0.4, -0.2) is 48.1 Å². The van der Waals surface area contributed by atoms with Gasteiger partial charge in [0.05, 0.1) is 0 Å². The molecule has 0 N–H and O–H groups in total. The largest absolute Gasteiger partial charge is 0.304 e. The Kier molecular flexibility index (Phi) is 2.85. The van der Waals surface area contributed by atoms with Gasteiger partial charge in [-0.3, -0.25) is 4.90 Å². The van der Waals surface area contributed by atoms with Gasteiger partial charge in [0.2, 0.25) is 0 Å². The number of piperidine rings is 1. The zero-order valence-electron chi connectivity index (χ0n) is 10.8. The maximum absolute atomic E-state index is 2.63. The molecule has 0 amide bonds. The maximum Gasteiger partial charge on any atom is 0.0125 e. The molecule has 1 spiro atoms. The van der Waals surface area contributed by atoms with Crippen LogP contribution in [0.3, 0.4) is 0 Å². The monoisotopic (exact) mass is 210 g/mol. The fourth-order valence-corrected chi connectivity index (χ4v) is 2.90. The van der Waals surface area contributed by atoms with Crippen molar-refractivity contribution in [2.75, 3.05) is 32.7 Å². The lowest BCUT2D eigenvalue weighted by Gasteiger charge is -2.58. The van der Waals surface area contributed by atoms with Crippen LogP contribution in [0.2, 0.25) is 0 Å². The van der Waals surface area contributed by atoms with Crippen LogP contribution in [0.4, 0.5) is 0 Å². The van der Waals surface area contributed by atoms with E-state index in [9.17, 15) is 0 Å². The van der Waals surface area contributed by atoms with Gasteiger partial charge >= 0.3 is 0 Å². The second-order valence-corrected chi connectivity index (χ2v) is 6.46. The molecule has 0 aromatic heterocycles. The maximum atomic E-state index is 2.63. The van der Waals surface area contributed by atoms with Crippen LogP contribution >= 0.6 is 0 Å². The van der Waals surface area contributed by atoms with Crippen molar-refractivity contribution in [2.45, 2.75) is 46.1 Å². The molecular weight excluding hydrogens is 184 g/mol. The Morgan fingerprint density at radius 1 is 1.07 bits per heavy atom. The van der Waals surface area contributed by atoms with E-state index in [-0.39, 0.29) is 0 Å². The van der Waals surface area contributed by atoms with Gasteiger partial charge < -0.3 is 4.90 Å². The highest BCUT2D eigenvalue weighted by atomic mass is 15.3. The van der Waals surface area contributed by atoms with E-state index < -0.39 is 0 Å². The molecule has 0 aliphatic carbocycles. The van der Waals surface area contributed by atoms with Crippen molar-refractivity contribution in [1.82, 2.24) is 9.80 Å². The predicted octanol–water partition coefficient (Wildman–Crippen LogP) is 2.20. The summed E-state index contributed by atoms with van der Waals surface area (Å²) in [4.78, 5) is 5.22. The number of likely N-dealkylation sites (tertiary alicyclic amines) is 2. The molecule has 2 aliphatic rings. The van der Waals surface area contributed by atoms with E-state index in [0.29, 0.717) is 11.0 Å². The summed E-state index contributed by atoms with van der Waals surface area (Å²) in [5, 5.41) is 0. The summed E-state index contributed by atoms with van der Waals surface area (Å²) in [5.41, 5.74) is 1.08. The molecular formula is C13H26N2. The molecule has 0 saturated carbocycles. The Balaban J connectivity index is 1.83. The van der Waals surface area contributed by atoms with Crippen molar-refractivity contribution in [3.05, 3.63) is 0 Å². The Hall–Kier alpha value is -0.0800. The van der Waals surface area contributed by atoms with Crippen molar-refractivity contribution in [2.24, 2.45) is 5.41 Å². The van der Waals surface area contributed by atoms with Crippen molar-refractivity contribution in [3.63, 3.8) is 0 Å². The molecule has 88 valence electrons. The van der Waals surface area contributed by atoms with Gasteiger partial charge in [-0.05, 0) is 58.7 Å². The van der Waals surface area contributed by atoms with E-state index in [1.165, 1.54) is 45.6 Å². The molecule has 2 heterocycles. The molecule has 15 heavy (non-hydrogen) atoms. The first-order valence-corrected chi connectivity index (χ1v) is 6.43. The van der Waals surface area contributed by atoms with Gasteiger partial charge in [0.25, 0.3) is 0 Å². The average molecular weight is 210 g/mol. The lowest BCUT2D eigenvalue weighted by molar-refractivity contribution is -0.0894. The fourth-order valence-electron chi connectivity index (χ4n) is 2.90. The van der Waals surface area contributed by atoms with Gasteiger partial charge in [0.15, 0.2) is 0 Å². The van der Waals surface area contributed by atoms with Crippen molar-refractivity contribution < 1.29 is 0 Å². The minimum atomic E-state index is 0.382. The summed E-state index contributed by atoms with van der Waals surface area (Å²) in [6.45, 7) is 15.9. The number of rotatable bonds is 1. The Morgan fingerprint density at radius 3 is 2.00 bits per heavy atom. The highest BCUT2D eigenvalue weighted by molar-refractivity contribution is 5.01. The van der Waals surface area contributed by atoms with Crippen LogP contribution in [0.25, 0.3) is 0 Å². The lowest BCUT2D eigenvalue weighted by atomic mass is 9.70. The van der Waals surface area contributed by atoms with Crippen LogP contribution in [0, 0.1) is 5.41 Å². The molecule has 2 nitrogen and oxygen atoms in total. The lowest BCUT2D eigenvalue weighted by Crippen LogP contribution is -2.65. The van der Waals surface area contributed by atoms with Crippen LogP contribution in [-0.2, 0) is 0 Å². The molecule has 2 heteroatoms. The second kappa shape index (κ2) is 3.74. The summed E-state index contributed by atoms with van der Waals surface area (Å²) in [7, 11) is 0. The summed E-state index contributed by atoms with van der Waals surface area (Å²) < 4.78 is 0. The summed E-state index contributed by atoms with van der Waals surface area (Å²) in [6, 6.07) is 0. The van der Waals surface area contributed by atoms with Crippen LogP contribution in [0.5, 0.6) is 0 Å². The van der Waals surface area contributed by atoms with Crippen molar-refractivity contribution in [1.29, 1.82) is 0 Å². The molecule has 0 radical (unpaired) electrons. The van der Waals surface area contributed by atoms with E-state index in [4.69, 9.17) is 0 Å². The third kappa shape index (κ3) is 2.21. The molecule has 0 atom stereocenters. The normalized spacial score (nSPS) is 28.0. The van der Waals surface area contributed by atoms with Gasteiger partial charge in [0.1, 0.15) is 0 Å². The summed E-state index contributed by atoms with van der Waals surface area (Å²) in [6.07, 6.45) is 2.85. The number of nitrogens with zero attached hydrogens (tertiary/aromatic N) is 2. The first-order chi connectivity index (χ1) is 6.95. The Morgan fingerprint density at radius 2 is 1.60 bits per heavy atom. The molecule has 0 unspecified atom stereocenters. The third-order valence-corrected chi connectivity index (χ3v) is 4.37. The predicted molar refractivity (Wildman–Crippen MR) is 65.1 cm³/mol. The van der Waals surface area contributed by atoms with Crippen molar-refractivity contribution >= 4 is 0 Å². The minimum Gasteiger partial charge on any atom is -0.304 e. The Labute approximate surface area is 94.6 Å².